The van der Waals surface area contributed by atoms with Crippen molar-refractivity contribution in [2.75, 3.05) is 0 Å². The molecule has 6 heteroatoms. The summed E-state index contributed by atoms with van der Waals surface area (Å²) in [6, 6.07) is 17.2. The minimum Gasteiger partial charge on any atom is -0.508 e. The standard InChI is InChI=1S/C19H11N3O2S/c23-13-6-7-14-12(9-13)10-16(19-18(14)21-24-22-19)25-15-5-1-3-11-4-2-8-20-17(11)15/h1-10,23H. The highest BCUT2D eigenvalue weighted by Crippen LogP contribution is 2.39. The summed E-state index contributed by atoms with van der Waals surface area (Å²) >= 11 is 1.57. The molecule has 3 aromatic carbocycles. The van der Waals surface area contributed by atoms with Gasteiger partial charge in [-0.25, -0.2) is 4.63 Å². The van der Waals surface area contributed by atoms with Gasteiger partial charge in [0.1, 0.15) is 16.8 Å². The van der Waals surface area contributed by atoms with E-state index in [2.05, 4.69) is 15.3 Å². The number of fused-ring (bicyclic) bond motifs is 4. The Labute approximate surface area is 146 Å². The third-order valence-electron chi connectivity index (χ3n) is 4.11. The lowest BCUT2D eigenvalue weighted by molar-refractivity contribution is 0.315. The van der Waals surface area contributed by atoms with E-state index >= 15 is 0 Å². The van der Waals surface area contributed by atoms with Crippen molar-refractivity contribution in [1.29, 1.82) is 0 Å². The van der Waals surface area contributed by atoms with Crippen molar-refractivity contribution in [3.8, 4) is 5.75 Å². The van der Waals surface area contributed by atoms with Crippen LogP contribution in [0.4, 0.5) is 0 Å². The second-order valence-corrected chi connectivity index (χ2v) is 6.76. The maximum atomic E-state index is 9.80. The second-order valence-electron chi connectivity index (χ2n) is 5.67. The Morgan fingerprint density at radius 3 is 2.64 bits per heavy atom. The molecule has 1 N–H and O–H groups in total. The van der Waals surface area contributed by atoms with Crippen LogP contribution < -0.4 is 0 Å². The van der Waals surface area contributed by atoms with E-state index in [1.165, 1.54) is 0 Å². The molecule has 0 unspecified atom stereocenters. The lowest BCUT2D eigenvalue weighted by atomic mass is 10.1. The molecule has 25 heavy (non-hydrogen) atoms. The number of aromatic nitrogens is 3. The third kappa shape index (κ3) is 2.30. The van der Waals surface area contributed by atoms with Crippen molar-refractivity contribution >= 4 is 44.5 Å². The van der Waals surface area contributed by atoms with Gasteiger partial charge in [-0.1, -0.05) is 30.0 Å². The van der Waals surface area contributed by atoms with Crippen molar-refractivity contribution in [3.63, 3.8) is 0 Å². The summed E-state index contributed by atoms with van der Waals surface area (Å²) < 4.78 is 4.98. The highest BCUT2D eigenvalue weighted by Gasteiger charge is 2.14. The Morgan fingerprint density at radius 2 is 1.68 bits per heavy atom. The fourth-order valence-electron chi connectivity index (χ4n) is 2.98. The number of phenolic OH excluding ortho intramolecular Hbond substituents is 1. The van der Waals surface area contributed by atoms with Crippen LogP contribution in [0.3, 0.4) is 0 Å². The zero-order chi connectivity index (χ0) is 16.8. The third-order valence-corrected chi connectivity index (χ3v) is 5.19. The number of para-hydroxylation sites is 1. The van der Waals surface area contributed by atoms with Gasteiger partial charge in [0.05, 0.1) is 5.52 Å². The molecule has 0 spiro atoms. The fourth-order valence-corrected chi connectivity index (χ4v) is 4.04. The molecule has 0 saturated heterocycles. The van der Waals surface area contributed by atoms with Gasteiger partial charge in [-0.2, -0.15) is 0 Å². The fraction of sp³-hybridized carbons (Fsp3) is 0. The number of rotatable bonds is 2. The van der Waals surface area contributed by atoms with Crippen LogP contribution in [0, 0.1) is 0 Å². The molecule has 0 radical (unpaired) electrons. The first kappa shape index (κ1) is 14.2. The van der Waals surface area contributed by atoms with Crippen LogP contribution in [0.2, 0.25) is 0 Å². The average Bonchev–Trinajstić information content (AvgIpc) is 3.12. The van der Waals surface area contributed by atoms with Crippen molar-refractivity contribution < 1.29 is 9.74 Å². The summed E-state index contributed by atoms with van der Waals surface area (Å²) in [6.07, 6.45) is 1.79. The van der Waals surface area contributed by atoms with Gasteiger partial charge in [0.15, 0.2) is 0 Å². The number of benzene rings is 3. The molecule has 2 heterocycles. The quantitative estimate of drug-likeness (QED) is 0.496. The van der Waals surface area contributed by atoms with Gasteiger partial charge in [0.2, 0.25) is 0 Å². The minimum absolute atomic E-state index is 0.214. The Morgan fingerprint density at radius 1 is 0.800 bits per heavy atom. The smallest absolute Gasteiger partial charge is 0.149 e. The van der Waals surface area contributed by atoms with Gasteiger partial charge in [-0.05, 0) is 52.1 Å². The topological polar surface area (TPSA) is 72.0 Å². The summed E-state index contributed by atoms with van der Waals surface area (Å²) in [6.45, 7) is 0. The van der Waals surface area contributed by atoms with Gasteiger partial charge in [0, 0.05) is 26.8 Å². The summed E-state index contributed by atoms with van der Waals surface area (Å²) in [5, 5.41) is 20.8. The van der Waals surface area contributed by atoms with E-state index in [9.17, 15) is 5.11 Å². The molecule has 0 aliphatic rings. The number of hydrogen-bond acceptors (Lipinski definition) is 6. The molecule has 120 valence electrons. The van der Waals surface area contributed by atoms with E-state index in [-0.39, 0.29) is 5.75 Å². The second kappa shape index (κ2) is 5.46. The Kier molecular flexibility index (Phi) is 3.11. The van der Waals surface area contributed by atoms with Gasteiger partial charge in [-0.3, -0.25) is 4.98 Å². The van der Waals surface area contributed by atoms with E-state index < -0.39 is 0 Å². The van der Waals surface area contributed by atoms with Crippen LogP contribution in [0.25, 0.3) is 32.7 Å². The zero-order valence-electron chi connectivity index (χ0n) is 12.9. The largest absolute Gasteiger partial charge is 0.508 e. The zero-order valence-corrected chi connectivity index (χ0v) is 13.7. The van der Waals surface area contributed by atoms with Crippen LogP contribution >= 0.6 is 11.8 Å². The van der Waals surface area contributed by atoms with E-state index in [1.807, 2.05) is 42.5 Å². The van der Waals surface area contributed by atoms with Gasteiger partial charge in [0.25, 0.3) is 0 Å². The van der Waals surface area contributed by atoms with Crippen LogP contribution in [0.5, 0.6) is 5.75 Å². The summed E-state index contributed by atoms with van der Waals surface area (Å²) in [5.41, 5.74) is 2.33. The minimum atomic E-state index is 0.214. The first-order valence-corrected chi connectivity index (χ1v) is 8.51. The Bertz CT molecular complexity index is 1240. The SMILES string of the molecule is Oc1ccc2c(c1)cc(Sc1cccc3cccnc13)c1nonc12. The van der Waals surface area contributed by atoms with Crippen molar-refractivity contribution in [2.24, 2.45) is 0 Å². The van der Waals surface area contributed by atoms with Gasteiger partial charge >= 0.3 is 0 Å². The summed E-state index contributed by atoms with van der Waals surface area (Å²) in [7, 11) is 0. The molecule has 2 aromatic heterocycles. The van der Waals surface area contributed by atoms with Crippen molar-refractivity contribution in [2.45, 2.75) is 9.79 Å². The van der Waals surface area contributed by atoms with E-state index in [0.717, 1.165) is 31.5 Å². The molecular formula is C19H11N3O2S. The Balaban J connectivity index is 1.75. The summed E-state index contributed by atoms with van der Waals surface area (Å²) in [5.74, 6) is 0.214. The first-order chi connectivity index (χ1) is 12.3. The highest BCUT2D eigenvalue weighted by atomic mass is 32.2. The average molecular weight is 345 g/mol. The summed E-state index contributed by atoms with van der Waals surface area (Å²) in [4.78, 5) is 6.44. The van der Waals surface area contributed by atoms with Crippen LogP contribution in [-0.4, -0.2) is 20.4 Å². The molecule has 0 saturated carbocycles. The first-order valence-electron chi connectivity index (χ1n) is 7.69. The number of hydrogen-bond donors (Lipinski definition) is 1. The number of nitrogens with zero attached hydrogens (tertiary/aromatic N) is 3. The molecule has 5 nitrogen and oxygen atoms in total. The normalized spacial score (nSPS) is 11.5. The molecule has 0 aliphatic heterocycles. The molecule has 0 bridgehead atoms. The van der Waals surface area contributed by atoms with Crippen LogP contribution in [0.1, 0.15) is 0 Å². The monoisotopic (exact) mass is 345 g/mol. The van der Waals surface area contributed by atoms with Gasteiger partial charge in [-0.15, -0.1) is 0 Å². The molecule has 0 aliphatic carbocycles. The lowest BCUT2D eigenvalue weighted by Crippen LogP contribution is -1.84. The predicted molar refractivity (Wildman–Crippen MR) is 96.8 cm³/mol. The molecule has 0 atom stereocenters. The molecule has 0 fully saturated rings. The van der Waals surface area contributed by atoms with E-state index in [0.29, 0.717) is 11.0 Å². The molecule has 0 amide bonds. The maximum Gasteiger partial charge on any atom is 0.149 e. The number of aromatic hydroxyl groups is 1. The predicted octanol–water partition coefficient (Wildman–Crippen LogP) is 4.78. The maximum absolute atomic E-state index is 9.80. The molecule has 5 rings (SSSR count). The molecule has 5 aromatic rings. The van der Waals surface area contributed by atoms with Crippen molar-refractivity contribution in [3.05, 3.63) is 60.8 Å². The Hall–Kier alpha value is -3.12. The molecular weight excluding hydrogens is 334 g/mol. The number of phenols is 1. The van der Waals surface area contributed by atoms with Crippen molar-refractivity contribution in [1.82, 2.24) is 15.3 Å². The van der Waals surface area contributed by atoms with E-state index in [4.69, 9.17) is 4.63 Å². The highest BCUT2D eigenvalue weighted by molar-refractivity contribution is 7.99. The van der Waals surface area contributed by atoms with E-state index in [1.54, 1.807) is 30.1 Å². The lowest BCUT2D eigenvalue weighted by Gasteiger charge is -2.07. The van der Waals surface area contributed by atoms with Gasteiger partial charge < -0.3 is 5.11 Å². The van der Waals surface area contributed by atoms with Crippen LogP contribution in [0.15, 0.2) is 75.2 Å². The van der Waals surface area contributed by atoms with Crippen LogP contribution in [-0.2, 0) is 0 Å². The number of pyridine rings is 1.